The number of methoxy groups -OCH3 is 1. The second-order valence-corrected chi connectivity index (χ2v) is 4.20. The summed E-state index contributed by atoms with van der Waals surface area (Å²) in [6.07, 6.45) is 2.10. The van der Waals surface area contributed by atoms with Crippen LogP contribution < -0.4 is 5.73 Å². The van der Waals surface area contributed by atoms with Crippen molar-refractivity contribution in [3.63, 3.8) is 0 Å². The highest BCUT2D eigenvalue weighted by Gasteiger charge is 2.24. The second-order valence-electron chi connectivity index (χ2n) is 4.20. The molecule has 0 spiro atoms. The summed E-state index contributed by atoms with van der Waals surface area (Å²) < 4.78 is 5.29. The van der Waals surface area contributed by atoms with E-state index in [-0.39, 0.29) is 12.0 Å². The van der Waals surface area contributed by atoms with Crippen LogP contribution in [-0.4, -0.2) is 42.1 Å². The van der Waals surface area contributed by atoms with Crippen molar-refractivity contribution in [2.45, 2.75) is 18.9 Å². The Balaban J connectivity index is 2.09. The maximum Gasteiger partial charge on any atom is 0.272 e. The van der Waals surface area contributed by atoms with Crippen molar-refractivity contribution >= 4 is 11.7 Å². The Labute approximate surface area is 101 Å². The lowest BCUT2D eigenvalue weighted by atomic mass is 10.1. The smallest absolute Gasteiger partial charge is 0.272 e. The molecule has 2 heterocycles. The molecule has 1 amide bonds. The number of nitrogens with two attached hydrogens (primary N) is 1. The number of anilines is 1. The van der Waals surface area contributed by atoms with Gasteiger partial charge in [0.1, 0.15) is 11.5 Å². The van der Waals surface area contributed by atoms with Crippen LogP contribution in [0.5, 0.6) is 0 Å². The summed E-state index contributed by atoms with van der Waals surface area (Å²) in [7, 11) is 1.68. The number of nitrogen functional groups attached to an aromatic ring is 1. The van der Waals surface area contributed by atoms with Crippen LogP contribution >= 0.6 is 0 Å². The van der Waals surface area contributed by atoms with Crippen LogP contribution in [0.15, 0.2) is 18.2 Å². The molecule has 2 N–H and O–H groups in total. The first kappa shape index (κ1) is 11.9. The number of aromatic nitrogens is 1. The molecule has 1 fully saturated rings. The van der Waals surface area contributed by atoms with E-state index in [1.165, 1.54) is 0 Å². The fourth-order valence-electron chi connectivity index (χ4n) is 2.05. The Hall–Kier alpha value is -1.62. The number of hydrogen-bond acceptors (Lipinski definition) is 4. The van der Waals surface area contributed by atoms with Crippen molar-refractivity contribution in [2.24, 2.45) is 0 Å². The quantitative estimate of drug-likeness (QED) is 0.827. The number of carbonyl (C=O) groups excluding carboxylic acids is 1. The van der Waals surface area contributed by atoms with E-state index in [1.807, 2.05) is 0 Å². The summed E-state index contributed by atoms with van der Waals surface area (Å²) in [6.45, 7) is 1.39. The third-order valence-corrected chi connectivity index (χ3v) is 2.99. The van der Waals surface area contributed by atoms with Crippen molar-refractivity contribution < 1.29 is 9.53 Å². The maximum absolute atomic E-state index is 12.2. The van der Waals surface area contributed by atoms with Crippen molar-refractivity contribution in [1.29, 1.82) is 0 Å². The largest absolute Gasteiger partial charge is 0.384 e. The average Bonchev–Trinajstić information content (AvgIpc) is 2.38. The van der Waals surface area contributed by atoms with Crippen LogP contribution in [-0.2, 0) is 4.74 Å². The minimum absolute atomic E-state index is 0.0703. The predicted molar refractivity (Wildman–Crippen MR) is 64.6 cm³/mol. The standard InChI is InChI=1S/C12H17N3O2/c1-17-9-4-3-7-15(8-9)12(16)10-5-2-6-11(13)14-10/h2,5-6,9H,3-4,7-8H2,1H3,(H2,13,14). The molecular weight excluding hydrogens is 218 g/mol. The minimum Gasteiger partial charge on any atom is -0.384 e. The molecule has 5 heteroatoms. The molecule has 5 nitrogen and oxygen atoms in total. The molecule has 0 bridgehead atoms. The van der Waals surface area contributed by atoms with Gasteiger partial charge in [0.05, 0.1) is 6.10 Å². The Morgan fingerprint density at radius 2 is 2.41 bits per heavy atom. The highest BCUT2D eigenvalue weighted by molar-refractivity contribution is 5.92. The summed E-state index contributed by atoms with van der Waals surface area (Å²) in [4.78, 5) is 18.0. The lowest BCUT2D eigenvalue weighted by Gasteiger charge is -2.31. The van der Waals surface area contributed by atoms with Crippen molar-refractivity contribution in [2.75, 3.05) is 25.9 Å². The van der Waals surface area contributed by atoms with E-state index in [0.29, 0.717) is 18.1 Å². The summed E-state index contributed by atoms with van der Waals surface area (Å²) in [5.74, 6) is 0.301. The summed E-state index contributed by atoms with van der Waals surface area (Å²) in [6, 6.07) is 5.10. The van der Waals surface area contributed by atoms with E-state index in [9.17, 15) is 4.79 Å². The van der Waals surface area contributed by atoms with Gasteiger partial charge in [-0.25, -0.2) is 4.98 Å². The molecule has 1 atom stereocenters. The van der Waals surface area contributed by atoms with Crippen LogP contribution in [0.1, 0.15) is 23.3 Å². The highest BCUT2D eigenvalue weighted by Crippen LogP contribution is 2.15. The zero-order valence-corrected chi connectivity index (χ0v) is 9.93. The van der Waals surface area contributed by atoms with E-state index < -0.39 is 0 Å². The molecule has 2 rings (SSSR count). The monoisotopic (exact) mass is 235 g/mol. The molecule has 0 aromatic carbocycles. The number of likely N-dealkylation sites (tertiary alicyclic amines) is 1. The molecule has 1 aromatic rings. The third-order valence-electron chi connectivity index (χ3n) is 2.99. The van der Waals surface area contributed by atoms with E-state index in [1.54, 1.807) is 30.2 Å². The minimum atomic E-state index is -0.0703. The highest BCUT2D eigenvalue weighted by atomic mass is 16.5. The van der Waals surface area contributed by atoms with Gasteiger partial charge in [-0.05, 0) is 25.0 Å². The van der Waals surface area contributed by atoms with Crippen LogP contribution in [0, 0.1) is 0 Å². The molecule has 1 aromatic heterocycles. The van der Waals surface area contributed by atoms with Gasteiger partial charge in [-0.15, -0.1) is 0 Å². The lowest BCUT2D eigenvalue weighted by Crippen LogP contribution is -2.43. The first-order chi connectivity index (χ1) is 8.20. The van der Waals surface area contributed by atoms with Gasteiger partial charge >= 0.3 is 0 Å². The number of rotatable bonds is 2. The molecular formula is C12H17N3O2. The molecule has 0 aliphatic carbocycles. The second kappa shape index (κ2) is 5.14. The van der Waals surface area contributed by atoms with Gasteiger partial charge in [-0.2, -0.15) is 0 Å². The number of ether oxygens (including phenoxy) is 1. The van der Waals surface area contributed by atoms with Crippen LogP contribution in [0.2, 0.25) is 0 Å². The van der Waals surface area contributed by atoms with Crippen LogP contribution in [0.3, 0.4) is 0 Å². The summed E-state index contributed by atoms with van der Waals surface area (Å²) >= 11 is 0. The summed E-state index contributed by atoms with van der Waals surface area (Å²) in [5.41, 5.74) is 5.98. The van der Waals surface area contributed by atoms with Gasteiger partial charge in [-0.3, -0.25) is 4.79 Å². The van der Waals surface area contributed by atoms with Gasteiger partial charge in [0.25, 0.3) is 5.91 Å². The number of nitrogens with zero attached hydrogens (tertiary/aromatic N) is 2. The molecule has 17 heavy (non-hydrogen) atoms. The van der Waals surface area contributed by atoms with Crippen molar-refractivity contribution in [3.05, 3.63) is 23.9 Å². The summed E-state index contributed by atoms with van der Waals surface area (Å²) in [5, 5.41) is 0. The van der Waals surface area contributed by atoms with Gasteiger partial charge in [-0.1, -0.05) is 6.07 Å². The van der Waals surface area contributed by atoms with Crippen molar-refractivity contribution in [1.82, 2.24) is 9.88 Å². The fourth-order valence-corrected chi connectivity index (χ4v) is 2.05. The van der Waals surface area contributed by atoms with Crippen LogP contribution in [0.4, 0.5) is 5.82 Å². The Kier molecular flexibility index (Phi) is 3.58. The first-order valence-electron chi connectivity index (χ1n) is 5.75. The number of carbonyl (C=O) groups is 1. The number of amides is 1. The van der Waals surface area contributed by atoms with Gasteiger partial charge in [0.15, 0.2) is 0 Å². The fraction of sp³-hybridized carbons (Fsp3) is 0.500. The number of piperidine rings is 1. The molecule has 1 aliphatic rings. The SMILES string of the molecule is COC1CCCN(C(=O)c2cccc(N)n2)C1. The Morgan fingerprint density at radius 1 is 1.59 bits per heavy atom. The zero-order chi connectivity index (χ0) is 12.3. The molecule has 1 aliphatic heterocycles. The number of hydrogen-bond donors (Lipinski definition) is 1. The average molecular weight is 235 g/mol. The van der Waals surface area contributed by atoms with Gasteiger partial charge in [0.2, 0.25) is 0 Å². The normalized spacial score (nSPS) is 20.3. The van der Waals surface area contributed by atoms with Crippen LogP contribution in [0.25, 0.3) is 0 Å². The zero-order valence-electron chi connectivity index (χ0n) is 9.93. The van der Waals surface area contributed by atoms with Gasteiger partial charge in [0, 0.05) is 20.2 Å². The molecule has 92 valence electrons. The topological polar surface area (TPSA) is 68.5 Å². The number of pyridine rings is 1. The molecule has 0 saturated carbocycles. The van der Waals surface area contributed by atoms with E-state index >= 15 is 0 Å². The first-order valence-corrected chi connectivity index (χ1v) is 5.75. The molecule has 1 saturated heterocycles. The van der Waals surface area contributed by atoms with Gasteiger partial charge < -0.3 is 15.4 Å². The molecule has 0 radical (unpaired) electrons. The molecule has 1 unspecified atom stereocenters. The van der Waals surface area contributed by atoms with E-state index in [4.69, 9.17) is 10.5 Å². The third kappa shape index (κ3) is 2.74. The van der Waals surface area contributed by atoms with E-state index in [0.717, 1.165) is 19.4 Å². The Morgan fingerprint density at radius 3 is 3.12 bits per heavy atom. The Bertz CT molecular complexity index is 408. The predicted octanol–water partition coefficient (Wildman–Crippen LogP) is 0.915. The lowest BCUT2D eigenvalue weighted by molar-refractivity contribution is 0.0266. The van der Waals surface area contributed by atoms with Crippen molar-refractivity contribution in [3.8, 4) is 0 Å². The maximum atomic E-state index is 12.2. The van der Waals surface area contributed by atoms with E-state index in [2.05, 4.69) is 4.98 Å².